The summed E-state index contributed by atoms with van der Waals surface area (Å²) in [5, 5.41) is 0. The SMILES string of the molecule is CCCCC/C=C\CCCCCCC(C)=O. The van der Waals surface area contributed by atoms with Gasteiger partial charge in [0.15, 0.2) is 0 Å². The van der Waals surface area contributed by atoms with Gasteiger partial charge in [-0.05, 0) is 39.0 Å². The van der Waals surface area contributed by atoms with Crippen LogP contribution in [0, 0.1) is 0 Å². The molecule has 0 aliphatic heterocycles. The highest BCUT2D eigenvalue weighted by molar-refractivity contribution is 5.75. The summed E-state index contributed by atoms with van der Waals surface area (Å²) in [6.45, 7) is 3.92. The number of carbonyl (C=O) groups excluding carboxylic acids is 1. The standard InChI is InChI=1S/C15H28O/c1-3-4-5-6-7-8-9-10-11-12-13-14-15(2)16/h7-8H,3-6,9-14H2,1-2H3/b8-7-. The van der Waals surface area contributed by atoms with Crippen LogP contribution in [0.4, 0.5) is 0 Å². The first kappa shape index (κ1) is 15.4. The molecule has 0 aromatic heterocycles. The van der Waals surface area contributed by atoms with E-state index in [0.717, 1.165) is 12.8 Å². The van der Waals surface area contributed by atoms with Crippen LogP contribution in [-0.4, -0.2) is 5.78 Å². The molecular formula is C15H28O. The van der Waals surface area contributed by atoms with Gasteiger partial charge in [0.1, 0.15) is 5.78 Å². The van der Waals surface area contributed by atoms with Gasteiger partial charge in [0.2, 0.25) is 0 Å². The summed E-state index contributed by atoms with van der Waals surface area (Å²) in [5.41, 5.74) is 0. The molecule has 0 saturated heterocycles. The van der Waals surface area contributed by atoms with E-state index in [1.165, 1.54) is 51.4 Å². The maximum atomic E-state index is 10.7. The number of rotatable bonds is 11. The average Bonchev–Trinajstić information content (AvgIpc) is 2.25. The summed E-state index contributed by atoms with van der Waals surface area (Å²) in [4.78, 5) is 10.7. The van der Waals surface area contributed by atoms with Crippen LogP contribution in [0.15, 0.2) is 12.2 Å². The van der Waals surface area contributed by atoms with Crippen LogP contribution >= 0.6 is 0 Å². The van der Waals surface area contributed by atoms with E-state index in [0.29, 0.717) is 5.78 Å². The summed E-state index contributed by atoms with van der Waals surface area (Å²) in [6.07, 6.45) is 16.7. The van der Waals surface area contributed by atoms with Crippen molar-refractivity contribution in [2.75, 3.05) is 0 Å². The lowest BCUT2D eigenvalue weighted by Gasteiger charge is -1.97. The second-order valence-corrected chi connectivity index (χ2v) is 4.62. The van der Waals surface area contributed by atoms with Gasteiger partial charge in [0.05, 0.1) is 0 Å². The minimum Gasteiger partial charge on any atom is -0.300 e. The molecule has 1 nitrogen and oxygen atoms in total. The average molecular weight is 224 g/mol. The van der Waals surface area contributed by atoms with E-state index in [2.05, 4.69) is 19.1 Å². The Morgan fingerprint density at radius 1 is 0.875 bits per heavy atom. The zero-order valence-electron chi connectivity index (χ0n) is 11.1. The fourth-order valence-electron chi connectivity index (χ4n) is 1.74. The van der Waals surface area contributed by atoms with E-state index in [1.807, 2.05) is 0 Å². The highest BCUT2D eigenvalue weighted by Gasteiger charge is 1.93. The molecule has 1 heteroatoms. The number of ketones is 1. The largest absolute Gasteiger partial charge is 0.300 e. The molecule has 0 aromatic rings. The van der Waals surface area contributed by atoms with Crippen molar-refractivity contribution < 1.29 is 4.79 Å². The number of Topliss-reactive ketones (excluding diaryl/α,β-unsaturated/α-hetero) is 1. The third-order valence-electron chi connectivity index (χ3n) is 2.79. The predicted octanol–water partition coefficient (Wildman–Crippen LogP) is 5.05. The van der Waals surface area contributed by atoms with E-state index < -0.39 is 0 Å². The molecule has 0 aliphatic carbocycles. The normalized spacial score (nSPS) is 11.1. The zero-order valence-corrected chi connectivity index (χ0v) is 11.1. The van der Waals surface area contributed by atoms with Gasteiger partial charge in [-0.25, -0.2) is 0 Å². The first-order chi connectivity index (χ1) is 7.77. The van der Waals surface area contributed by atoms with E-state index in [-0.39, 0.29) is 0 Å². The Balaban J connectivity index is 3.05. The molecule has 0 radical (unpaired) electrons. The van der Waals surface area contributed by atoms with Crippen LogP contribution in [0.3, 0.4) is 0 Å². The van der Waals surface area contributed by atoms with Crippen molar-refractivity contribution in [1.82, 2.24) is 0 Å². The van der Waals surface area contributed by atoms with Gasteiger partial charge in [-0.15, -0.1) is 0 Å². The van der Waals surface area contributed by atoms with Crippen molar-refractivity contribution in [3.63, 3.8) is 0 Å². The lowest BCUT2D eigenvalue weighted by Crippen LogP contribution is -1.88. The molecule has 94 valence electrons. The Morgan fingerprint density at radius 3 is 2.00 bits per heavy atom. The molecule has 0 N–H and O–H groups in total. The van der Waals surface area contributed by atoms with Gasteiger partial charge >= 0.3 is 0 Å². The van der Waals surface area contributed by atoms with E-state index >= 15 is 0 Å². The van der Waals surface area contributed by atoms with Crippen LogP contribution in [0.25, 0.3) is 0 Å². The van der Waals surface area contributed by atoms with Crippen molar-refractivity contribution in [3.8, 4) is 0 Å². The van der Waals surface area contributed by atoms with Crippen molar-refractivity contribution in [3.05, 3.63) is 12.2 Å². The highest BCUT2D eigenvalue weighted by atomic mass is 16.1. The number of hydrogen-bond acceptors (Lipinski definition) is 1. The van der Waals surface area contributed by atoms with Gasteiger partial charge in [-0.1, -0.05) is 44.8 Å². The molecule has 0 bridgehead atoms. The van der Waals surface area contributed by atoms with Gasteiger partial charge in [-0.2, -0.15) is 0 Å². The highest BCUT2D eigenvalue weighted by Crippen LogP contribution is 2.07. The molecule has 0 aromatic carbocycles. The molecule has 0 rings (SSSR count). The Kier molecular flexibility index (Phi) is 12.0. The van der Waals surface area contributed by atoms with Crippen LogP contribution in [-0.2, 0) is 4.79 Å². The third kappa shape index (κ3) is 13.4. The molecule has 0 atom stereocenters. The van der Waals surface area contributed by atoms with Crippen LogP contribution in [0.5, 0.6) is 0 Å². The van der Waals surface area contributed by atoms with Crippen LogP contribution < -0.4 is 0 Å². The fourth-order valence-corrected chi connectivity index (χ4v) is 1.74. The smallest absolute Gasteiger partial charge is 0.129 e. The van der Waals surface area contributed by atoms with Gasteiger partial charge in [-0.3, -0.25) is 0 Å². The Bertz CT molecular complexity index is 182. The second kappa shape index (κ2) is 12.5. The fraction of sp³-hybridized carbons (Fsp3) is 0.800. The molecule has 0 unspecified atom stereocenters. The molecule has 0 spiro atoms. The van der Waals surface area contributed by atoms with Crippen molar-refractivity contribution in [2.24, 2.45) is 0 Å². The van der Waals surface area contributed by atoms with Gasteiger partial charge < -0.3 is 4.79 Å². The number of allylic oxidation sites excluding steroid dienone is 2. The lowest BCUT2D eigenvalue weighted by atomic mass is 10.1. The Labute approximate surface area is 101 Å². The van der Waals surface area contributed by atoms with Crippen molar-refractivity contribution in [1.29, 1.82) is 0 Å². The maximum Gasteiger partial charge on any atom is 0.129 e. The van der Waals surface area contributed by atoms with Gasteiger partial charge in [0.25, 0.3) is 0 Å². The molecule has 16 heavy (non-hydrogen) atoms. The summed E-state index contributed by atoms with van der Waals surface area (Å²) in [6, 6.07) is 0. The molecule has 0 heterocycles. The van der Waals surface area contributed by atoms with E-state index in [4.69, 9.17) is 0 Å². The Hall–Kier alpha value is -0.590. The topological polar surface area (TPSA) is 17.1 Å². The first-order valence-electron chi connectivity index (χ1n) is 6.91. The summed E-state index contributed by atoms with van der Waals surface area (Å²) < 4.78 is 0. The number of hydrogen-bond donors (Lipinski definition) is 0. The minimum atomic E-state index is 0.329. The first-order valence-corrected chi connectivity index (χ1v) is 6.91. The van der Waals surface area contributed by atoms with Crippen LogP contribution in [0.2, 0.25) is 0 Å². The Morgan fingerprint density at radius 2 is 1.44 bits per heavy atom. The summed E-state index contributed by atoms with van der Waals surface area (Å²) in [5.74, 6) is 0.329. The maximum absolute atomic E-state index is 10.7. The second-order valence-electron chi connectivity index (χ2n) is 4.62. The minimum absolute atomic E-state index is 0.329. The number of unbranched alkanes of at least 4 members (excludes halogenated alkanes) is 7. The summed E-state index contributed by atoms with van der Waals surface area (Å²) in [7, 11) is 0. The van der Waals surface area contributed by atoms with Gasteiger partial charge in [0, 0.05) is 6.42 Å². The molecule has 0 saturated carbocycles. The van der Waals surface area contributed by atoms with Crippen LogP contribution in [0.1, 0.15) is 78.1 Å². The predicted molar refractivity (Wildman–Crippen MR) is 71.7 cm³/mol. The molecule has 0 fully saturated rings. The van der Waals surface area contributed by atoms with Crippen molar-refractivity contribution in [2.45, 2.75) is 78.1 Å². The summed E-state index contributed by atoms with van der Waals surface area (Å²) >= 11 is 0. The van der Waals surface area contributed by atoms with Crippen molar-refractivity contribution >= 4 is 5.78 Å². The van der Waals surface area contributed by atoms with E-state index in [9.17, 15) is 4.79 Å². The molecule has 0 amide bonds. The monoisotopic (exact) mass is 224 g/mol. The van der Waals surface area contributed by atoms with E-state index in [1.54, 1.807) is 6.92 Å². The lowest BCUT2D eigenvalue weighted by molar-refractivity contribution is -0.117. The quantitative estimate of drug-likeness (QED) is 0.354. The molecular weight excluding hydrogens is 196 g/mol. The molecule has 0 aliphatic rings. The number of carbonyl (C=O) groups is 1. The third-order valence-corrected chi connectivity index (χ3v) is 2.79. The zero-order chi connectivity index (χ0) is 12.1.